The van der Waals surface area contributed by atoms with E-state index in [9.17, 15) is 4.79 Å². The van der Waals surface area contributed by atoms with Gasteiger partial charge in [0, 0.05) is 5.92 Å². The lowest BCUT2D eigenvalue weighted by Gasteiger charge is -2.25. The number of ketones is 1. The third kappa shape index (κ3) is 1.84. The van der Waals surface area contributed by atoms with E-state index in [1.807, 2.05) is 19.9 Å². The lowest BCUT2D eigenvalue weighted by Crippen LogP contribution is -2.23. The van der Waals surface area contributed by atoms with Crippen molar-refractivity contribution >= 4 is 5.78 Å². The zero-order valence-corrected chi connectivity index (χ0v) is 10.2. The quantitative estimate of drug-likeness (QED) is 0.728. The molecule has 1 aromatic carbocycles. The van der Waals surface area contributed by atoms with Crippen LogP contribution in [0.2, 0.25) is 0 Å². The molecule has 0 amide bonds. The lowest BCUT2D eigenvalue weighted by molar-refractivity contribution is 0.0851. The summed E-state index contributed by atoms with van der Waals surface area (Å²) in [6.07, 6.45) is 3.26. The van der Waals surface area contributed by atoms with Gasteiger partial charge in [-0.2, -0.15) is 0 Å². The lowest BCUT2D eigenvalue weighted by atomic mass is 9.78. The summed E-state index contributed by atoms with van der Waals surface area (Å²) in [5.41, 5.74) is 2.96. The summed E-state index contributed by atoms with van der Waals surface area (Å²) < 4.78 is 5.33. The predicted molar refractivity (Wildman–Crippen MR) is 64.1 cm³/mol. The topological polar surface area (TPSA) is 26.3 Å². The van der Waals surface area contributed by atoms with Crippen molar-refractivity contribution in [1.29, 1.82) is 0 Å². The van der Waals surface area contributed by atoms with E-state index in [4.69, 9.17) is 4.74 Å². The highest BCUT2D eigenvalue weighted by Crippen LogP contribution is 2.34. The van der Waals surface area contributed by atoms with Crippen LogP contribution < -0.4 is 4.74 Å². The van der Waals surface area contributed by atoms with Crippen LogP contribution in [0.5, 0.6) is 5.75 Å². The van der Waals surface area contributed by atoms with Gasteiger partial charge in [-0.05, 0) is 43.9 Å². The van der Waals surface area contributed by atoms with Crippen molar-refractivity contribution in [3.05, 3.63) is 28.8 Å². The predicted octanol–water partition coefficient (Wildman–Crippen LogP) is 3.29. The second-order valence-electron chi connectivity index (χ2n) is 4.65. The summed E-state index contributed by atoms with van der Waals surface area (Å²) in [7, 11) is 1.63. The van der Waals surface area contributed by atoms with Gasteiger partial charge in [-0.3, -0.25) is 4.79 Å². The van der Waals surface area contributed by atoms with Gasteiger partial charge in [-0.25, -0.2) is 0 Å². The average molecular weight is 218 g/mol. The molecule has 16 heavy (non-hydrogen) atoms. The van der Waals surface area contributed by atoms with E-state index in [1.54, 1.807) is 7.11 Å². The molecule has 0 radical (unpaired) electrons. The van der Waals surface area contributed by atoms with Crippen LogP contribution in [-0.4, -0.2) is 12.9 Å². The van der Waals surface area contributed by atoms with Gasteiger partial charge in [0.2, 0.25) is 0 Å². The number of hydrogen-bond donors (Lipinski definition) is 0. The number of carbonyl (C=O) groups is 1. The standard InChI is InChI=1S/C14H18O2/c1-9-7-10(2)13(12(8-9)16-3)14(15)11-5-4-6-11/h7-8,11H,4-6H2,1-3H3. The molecule has 0 spiro atoms. The molecule has 1 fully saturated rings. The monoisotopic (exact) mass is 218 g/mol. The first-order chi connectivity index (χ1) is 7.63. The largest absolute Gasteiger partial charge is 0.496 e. The summed E-state index contributed by atoms with van der Waals surface area (Å²) in [6.45, 7) is 4.01. The van der Waals surface area contributed by atoms with E-state index < -0.39 is 0 Å². The number of ether oxygens (including phenoxy) is 1. The first-order valence-electron chi connectivity index (χ1n) is 5.83. The van der Waals surface area contributed by atoms with Crippen LogP contribution >= 0.6 is 0 Å². The van der Waals surface area contributed by atoms with Gasteiger partial charge in [0.15, 0.2) is 5.78 Å². The van der Waals surface area contributed by atoms with E-state index in [0.717, 1.165) is 35.3 Å². The van der Waals surface area contributed by atoms with E-state index in [1.165, 1.54) is 6.42 Å². The Labute approximate surface area is 96.6 Å². The van der Waals surface area contributed by atoms with E-state index in [2.05, 4.69) is 6.07 Å². The van der Waals surface area contributed by atoms with Crippen molar-refractivity contribution in [2.45, 2.75) is 33.1 Å². The van der Waals surface area contributed by atoms with Crippen LogP contribution in [0, 0.1) is 19.8 Å². The SMILES string of the molecule is COc1cc(C)cc(C)c1C(=O)C1CCC1. The molecule has 0 bridgehead atoms. The van der Waals surface area contributed by atoms with Crippen molar-refractivity contribution in [1.82, 2.24) is 0 Å². The molecule has 0 unspecified atom stereocenters. The molecule has 0 aromatic heterocycles. The molecule has 0 saturated heterocycles. The Bertz CT molecular complexity index is 417. The molecule has 86 valence electrons. The van der Waals surface area contributed by atoms with Crippen LogP contribution in [0.3, 0.4) is 0 Å². The number of aryl methyl sites for hydroxylation is 2. The highest BCUT2D eigenvalue weighted by molar-refractivity contribution is 6.02. The Morgan fingerprint density at radius 2 is 2.00 bits per heavy atom. The number of carbonyl (C=O) groups excluding carboxylic acids is 1. The minimum absolute atomic E-state index is 0.232. The summed E-state index contributed by atoms with van der Waals surface area (Å²) in [5, 5.41) is 0. The minimum atomic E-state index is 0.232. The van der Waals surface area contributed by atoms with Crippen molar-refractivity contribution in [3.63, 3.8) is 0 Å². The Hall–Kier alpha value is -1.31. The number of rotatable bonds is 3. The first-order valence-corrected chi connectivity index (χ1v) is 5.83. The number of benzene rings is 1. The molecule has 0 N–H and O–H groups in total. The van der Waals surface area contributed by atoms with Crippen molar-refractivity contribution in [2.24, 2.45) is 5.92 Å². The Balaban J connectivity index is 2.41. The smallest absolute Gasteiger partial charge is 0.169 e. The maximum atomic E-state index is 12.3. The maximum Gasteiger partial charge on any atom is 0.169 e. The van der Waals surface area contributed by atoms with Crippen LogP contribution in [0.4, 0.5) is 0 Å². The van der Waals surface area contributed by atoms with Gasteiger partial charge in [0.05, 0.1) is 12.7 Å². The summed E-state index contributed by atoms with van der Waals surface area (Å²) in [4.78, 5) is 12.3. The zero-order valence-electron chi connectivity index (χ0n) is 10.2. The zero-order chi connectivity index (χ0) is 11.7. The molecule has 2 nitrogen and oxygen atoms in total. The van der Waals surface area contributed by atoms with Crippen LogP contribution in [0.25, 0.3) is 0 Å². The molecule has 1 aliphatic carbocycles. The molecule has 0 aliphatic heterocycles. The molecule has 0 atom stereocenters. The Morgan fingerprint density at radius 3 is 2.50 bits per heavy atom. The van der Waals surface area contributed by atoms with E-state index >= 15 is 0 Å². The molecular weight excluding hydrogens is 200 g/mol. The van der Waals surface area contributed by atoms with Crippen molar-refractivity contribution in [2.75, 3.05) is 7.11 Å². The second kappa shape index (κ2) is 4.28. The summed E-state index contributed by atoms with van der Waals surface area (Å²) in [5.74, 6) is 1.23. The van der Waals surface area contributed by atoms with Crippen molar-refractivity contribution < 1.29 is 9.53 Å². The number of Topliss-reactive ketones (excluding diaryl/α,β-unsaturated/α-hetero) is 1. The second-order valence-corrected chi connectivity index (χ2v) is 4.65. The van der Waals surface area contributed by atoms with Crippen LogP contribution in [-0.2, 0) is 0 Å². The Morgan fingerprint density at radius 1 is 1.31 bits per heavy atom. The van der Waals surface area contributed by atoms with Crippen LogP contribution in [0.1, 0.15) is 40.7 Å². The molecule has 1 aromatic rings. The fourth-order valence-electron chi connectivity index (χ4n) is 2.28. The summed E-state index contributed by atoms with van der Waals surface area (Å²) in [6, 6.07) is 3.99. The van der Waals surface area contributed by atoms with Gasteiger partial charge < -0.3 is 4.74 Å². The normalized spacial score (nSPS) is 15.7. The van der Waals surface area contributed by atoms with E-state index in [0.29, 0.717) is 0 Å². The minimum Gasteiger partial charge on any atom is -0.496 e. The molecule has 0 heterocycles. The van der Waals surface area contributed by atoms with Gasteiger partial charge in [0.25, 0.3) is 0 Å². The van der Waals surface area contributed by atoms with Gasteiger partial charge in [-0.1, -0.05) is 12.5 Å². The third-order valence-corrected chi connectivity index (χ3v) is 3.39. The fraction of sp³-hybridized carbons (Fsp3) is 0.500. The highest BCUT2D eigenvalue weighted by Gasteiger charge is 2.29. The third-order valence-electron chi connectivity index (χ3n) is 3.39. The van der Waals surface area contributed by atoms with Crippen molar-refractivity contribution in [3.8, 4) is 5.75 Å². The van der Waals surface area contributed by atoms with Gasteiger partial charge in [-0.15, -0.1) is 0 Å². The molecule has 1 saturated carbocycles. The first kappa shape index (κ1) is 11.2. The molecule has 2 rings (SSSR count). The average Bonchev–Trinajstić information content (AvgIpc) is 2.13. The number of methoxy groups -OCH3 is 1. The fourth-order valence-corrected chi connectivity index (χ4v) is 2.28. The van der Waals surface area contributed by atoms with Gasteiger partial charge >= 0.3 is 0 Å². The van der Waals surface area contributed by atoms with Gasteiger partial charge in [0.1, 0.15) is 5.75 Å². The molecular formula is C14H18O2. The van der Waals surface area contributed by atoms with E-state index in [-0.39, 0.29) is 11.7 Å². The maximum absolute atomic E-state index is 12.3. The highest BCUT2D eigenvalue weighted by atomic mass is 16.5. The Kier molecular flexibility index (Phi) is 2.99. The molecule has 1 aliphatic rings. The molecule has 2 heteroatoms. The number of hydrogen-bond acceptors (Lipinski definition) is 2. The van der Waals surface area contributed by atoms with Crippen LogP contribution in [0.15, 0.2) is 12.1 Å². The summed E-state index contributed by atoms with van der Waals surface area (Å²) >= 11 is 0.